The molecule has 106 valence electrons. The number of benzene rings is 1. The standard InChI is InChI=1S/C14H20BrNO2S/c1-3-18-9-5-8-16-14(17)11(2)19-13-7-4-6-12(15)10-13/h4,6-7,10-11H,3,5,8-9H2,1-2H3,(H,16,17). The number of rotatable bonds is 8. The highest BCUT2D eigenvalue weighted by Crippen LogP contribution is 2.25. The summed E-state index contributed by atoms with van der Waals surface area (Å²) in [5, 5.41) is 2.83. The van der Waals surface area contributed by atoms with Crippen molar-refractivity contribution in [1.29, 1.82) is 0 Å². The van der Waals surface area contributed by atoms with E-state index in [4.69, 9.17) is 4.74 Å². The van der Waals surface area contributed by atoms with Crippen LogP contribution in [0.1, 0.15) is 20.3 Å². The van der Waals surface area contributed by atoms with Crippen LogP contribution >= 0.6 is 27.7 Å². The number of amides is 1. The highest BCUT2D eigenvalue weighted by Gasteiger charge is 2.13. The van der Waals surface area contributed by atoms with E-state index in [1.165, 1.54) is 0 Å². The molecule has 0 aliphatic heterocycles. The maximum absolute atomic E-state index is 11.9. The van der Waals surface area contributed by atoms with Gasteiger partial charge in [-0.05, 0) is 38.5 Å². The maximum Gasteiger partial charge on any atom is 0.233 e. The molecule has 0 aromatic heterocycles. The summed E-state index contributed by atoms with van der Waals surface area (Å²) in [6.07, 6.45) is 0.855. The predicted molar refractivity (Wildman–Crippen MR) is 83.6 cm³/mol. The highest BCUT2D eigenvalue weighted by molar-refractivity contribution is 9.10. The fourth-order valence-electron chi connectivity index (χ4n) is 1.47. The van der Waals surface area contributed by atoms with Gasteiger partial charge in [0.15, 0.2) is 0 Å². The minimum absolute atomic E-state index is 0.0708. The first-order valence-electron chi connectivity index (χ1n) is 6.41. The zero-order valence-electron chi connectivity index (χ0n) is 11.3. The number of hydrogen-bond donors (Lipinski definition) is 1. The average Bonchev–Trinajstić information content (AvgIpc) is 2.38. The Bertz CT molecular complexity index is 401. The van der Waals surface area contributed by atoms with Gasteiger partial charge < -0.3 is 10.1 Å². The van der Waals surface area contributed by atoms with Gasteiger partial charge in [-0.2, -0.15) is 0 Å². The number of carbonyl (C=O) groups is 1. The van der Waals surface area contributed by atoms with E-state index < -0.39 is 0 Å². The summed E-state index contributed by atoms with van der Waals surface area (Å²) >= 11 is 4.99. The molecular formula is C14H20BrNO2S. The number of thioether (sulfide) groups is 1. The lowest BCUT2D eigenvalue weighted by atomic mass is 10.4. The SMILES string of the molecule is CCOCCCNC(=O)C(C)Sc1cccc(Br)c1. The molecule has 1 rings (SSSR count). The molecule has 0 heterocycles. The van der Waals surface area contributed by atoms with Crippen LogP contribution in [-0.2, 0) is 9.53 Å². The van der Waals surface area contributed by atoms with E-state index in [1.54, 1.807) is 11.8 Å². The average molecular weight is 346 g/mol. The predicted octanol–water partition coefficient (Wildman–Crippen LogP) is 3.47. The second kappa shape index (κ2) is 9.39. The van der Waals surface area contributed by atoms with Crippen LogP contribution in [0.2, 0.25) is 0 Å². The van der Waals surface area contributed by atoms with Crippen LogP contribution in [0.3, 0.4) is 0 Å². The van der Waals surface area contributed by atoms with Gasteiger partial charge in [0.05, 0.1) is 5.25 Å². The van der Waals surface area contributed by atoms with Crippen LogP contribution in [0.5, 0.6) is 0 Å². The molecule has 5 heteroatoms. The summed E-state index contributed by atoms with van der Waals surface area (Å²) in [7, 11) is 0. The Morgan fingerprint density at radius 3 is 3.00 bits per heavy atom. The molecule has 1 unspecified atom stereocenters. The van der Waals surface area contributed by atoms with Gasteiger partial charge in [-0.1, -0.05) is 22.0 Å². The molecule has 0 bridgehead atoms. The Kier molecular flexibility index (Phi) is 8.18. The molecule has 0 fully saturated rings. The third-order valence-corrected chi connectivity index (χ3v) is 4.03. The van der Waals surface area contributed by atoms with Crippen molar-refractivity contribution >= 4 is 33.6 Å². The molecule has 0 radical (unpaired) electrons. The van der Waals surface area contributed by atoms with Crippen LogP contribution in [0.4, 0.5) is 0 Å². The molecule has 1 aromatic carbocycles. The fraction of sp³-hybridized carbons (Fsp3) is 0.500. The van der Waals surface area contributed by atoms with E-state index >= 15 is 0 Å². The molecule has 0 spiro atoms. The molecule has 0 aliphatic carbocycles. The van der Waals surface area contributed by atoms with Crippen molar-refractivity contribution in [3.63, 3.8) is 0 Å². The molecule has 0 saturated heterocycles. The molecule has 1 aromatic rings. The van der Waals surface area contributed by atoms with Crippen LogP contribution in [0.25, 0.3) is 0 Å². The van der Waals surface area contributed by atoms with Crippen molar-refractivity contribution < 1.29 is 9.53 Å². The molecule has 3 nitrogen and oxygen atoms in total. The first-order valence-corrected chi connectivity index (χ1v) is 8.08. The van der Waals surface area contributed by atoms with Gasteiger partial charge in [-0.25, -0.2) is 0 Å². The zero-order valence-corrected chi connectivity index (χ0v) is 13.7. The number of halogens is 1. The topological polar surface area (TPSA) is 38.3 Å². The fourth-order valence-corrected chi connectivity index (χ4v) is 2.97. The first-order chi connectivity index (χ1) is 9.13. The van der Waals surface area contributed by atoms with Crippen molar-refractivity contribution in [2.24, 2.45) is 0 Å². The van der Waals surface area contributed by atoms with Crippen molar-refractivity contribution in [2.75, 3.05) is 19.8 Å². The second-order valence-electron chi connectivity index (χ2n) is 4.06. The second-order valence-corrected chi connectivity index (χ2v) is 6.39. The van der Waals surface area contributed by atoms with Crippen LogP contribution < -0.4 is 5.32 Å². The van der Waals surface area contributed by atoms with E-state index in [-0.39, 0.29) is 11.2 Å². The summed E-state index contributed by atoms with van der Waals surface area (Å²) in [5.41, 5.74) is 0. The number of carbonyl (C=O) groups excluding carboxylic acids is 1. The lowest BCUT2D eigenvalue weighted by Gasteiger charge is -2.12. The molecule has 1 atom stereocenters. The zero-order chi connectivity index (χ0) is 14.1. The third-order valence-electron chi connectivity index (χ3n) is 2.45. The summed E-state index contributed by atoms with van der Waals surface area (Å²) in [5.74, 6) is 0.0708. The lowest BCUT2D eigenvalue weighted by Crippen LogP contribution is -2.32. The van der Waals surface area contributed by atoms with Crippen molar-refractivity contribution in [3.05, 3.63) is 28.7 Å². The van der Waals surface area contributed by atoms with E-state index in [9.17, 15) is 4.79 Å². The smallest absolute Gasteiger partial charge is 0.233 e. The van der Waals surface area contributed by atoms with E-state index in [2.05, 4.69) is 21.2 Å². The van der Waals surface area contributed by atoms with Crippen LogP contribution in [0, 0.1) is 0 Å². The summed E-state index contributed by atoms with van der Waals surface area (Å²) in [6, 6.07) is 7.97. The summed E-state index contributed by atoms with van der Waals surface area (Å²) in [6.45, 7) is 5.98. The summed E-state index contributed by atoms with van der Waals surface area (Å²) in [4.78, 5) is 13.0. The monoisotopic (exact) mass is 345 g/mol. The molecule has 0 saturated carbocycles. The maximum atomic E-state index is 11.9. The lowest BCUT2D eigenvalue weighted by molar-refractivity contribution is -0.120. The first kappa shape index (κ1) is 16.5. The van der Waals surface area contributed by atoms with Gasteiger partial charge in [-0.15, -0.1) is 11.8 Å². The molecule has 0 aliphatic rings. The van der Waals surface area contributed by atoms with Gasteiger partial charge >= 0.3 is 0 Å². The van der Waals surface area contributed by atoms with Crippen molar-refractivity contribution in [2.45, 2.75) is 30.4 Å². The Morgan fingerprint density at radius 2 is 2.32 bits per heavy atom. The molecule has 19 heavy (non-hydrogen) atoms. The Labute approximate surface area is 127 Å². The minimum atomic E-state index is -0.0959. The Balaban J connectivity index is 2.28. The van der Waals surface area contributed by atoms with Gasteiger partial charge in [0, 0.05) is 29.1 Å². The molecular weight excluding hydrogens is 326 g/mol. The normalized spacial score (nSPS) is 12.2. The number of ether oxygens (including phenoxy) is 1. The van der Waals surface area contributed by atoms with Gasteiger partial charge in [-0.3, -0.25) is 4.79 Å². The van der Waals surface area contributed by atoms with Crippen molar-refractivity contribution in [1.82, 2.24) is 5.32 Å². The third kappa shape index (κ3) is 6.99. The van der Waals surface area contributed by atoms with Crippen LogP contribution in [-0.4, -0.2) is 30.9 Å². The van der Waals surface area contributed by atoms with E-state index in [0.717, 1.165) is 22.4 Å². The largest absolute Gasteiger partial charge is 0.382 e. The highest BCUT2D eigenvalue weighted by atomic mass is 79.9. The minimum Gasteiger partial charge on any atom is -0.382 e. The van der Waals surface area contributed by atoms with Gasteiger partial charge in [0.2, 0.25) is 5.91 Å². The Hall–Kier alpha value is -0.520. The molecule has 1 N–H and O–H groups in total. The Morgan fingerprint density at radius 1 is 1.53 bits per heavy atom. The van der Waals surface area contributed by atoms with Gasteiger partial charge in [0.25, 0.3) is 0 Å². The molecule has 1 amide bonds. The van der Waals surface area contributed by atoms with Gasteiger partial charge in [0.1, 0.15) is 0 Å². The summed E-state index contributed by atoms with van der Waals surface area (Å²) < 4.78 is 6.25. The number of nitrogens with one attached hydrogen (secondary N) is 1. The number of hydrogen-bond acceptors (Lipinski definition) is 3. The van der Waals surface area contributed by atoms with Crippen LogP contribution in [0.15, 0.2) is 33.6 Å². The van der Waals surface area contributed by atoms with Crippen molar-refractivity contribution in [3.8, 4) is 0 Å². The van der Waals surface area contributed by atoms with E-state index in [0.29, 0.717) is 13.2 Å². The quantitative estimate of drug-likeness (QED) is 0.579. The van der Waals surface area contributed by atoms with E-state index in [1.807, 2.05) is 38.1 Å².